The zero-order valence-corrected chi connectivity index (χ0v) is 10.6. The first-order valence-corrected chi connectivity index (χ1v) is 5.74. The van der Waals surface area contributed by atoms with Crippen LogP contribution in [0.1, 0.15) is 5.56 Å². The summed E-state index contributed by atoms with van der Waals surface area (Å²) in [6.45, 7) is 0.793. The van der Waals surface area contributed by atoms with Crippen LogP contribution in [0.25, 0.3) is 0 Å². The van der Waals surface area contributed by atoms with Crippen molar-refractivity contribution in [2.75, 3.05) is 24.8 Å². The average molecular weight is 243 g/mol. The molecule has 18 heavy (non-hydrogen) atoms. The fraction of sp³-hybridized carbons (Fsp3) is 0.214. The number of hydrogen-bond acceptors (Lipinski definition) is 4. The molecule has 4 nitrogen and oxygen atoms in total. The van der Waals surface area contributed by atoms with Crippen LogP contribution in [-0.4, -0.2) is 19.1 Å². The van der Waals surface area contributed by atoms with Crippen LogP contribution >= 0.6 is 0 Å². The lowest BCUT2D eigenvalue weighted by atomic mass is 10.2. The largest absolute Gasteiger partial charge is 0.497 e. The van der Waals surface area contributed by atoms with Crippen molar-refractivity contribution < 1.29 is 4.74 Å². The molecule has 0 saturated heterocycles. The fourth-order valence-corrected chi connectivity index (χ4v) is 1.71. The molecule has 0 unspecified atom stereocenters. The Labute approximate surface area is 107 Å². The van der Waals surface area contributed by atoms with Crippen LogP contribution in [0.4, 0.5) is 11.5 Å². The third-order valence-electron chi connectivity index (χ3n) is 2.74. The number of rotatable bonds is 4. The first-order chi connectivity index (χ1) is 8.69. The maximum atomic E-state index is 5.62. The normalized spacial score (nSPS) is 10.1. The van der Waals surface area contributed by atoms with Crippen molar-refractivity contribution in [3.8, 4) is 5.75 Å². The highest BCUT2D eigenvalue weighted by Crippen LogP contribution is 2.16. The van der Waals surface area contributed by atoms with Gasteiger partial charge < -0.3 is 15.4 Å². The number of benzene rings is 1. The number of hydrogen-bond donors (Lipinski definition) is 1. The second-order valence-electron chi connectivity index (χ2n) is 4.15. The first-order valence-electron chi connectivity index (χ1n) is 5.74. The highest BCUT2D eigenvalue weighted by molar-refractivity contribution is 5.45. The molecular weight excluding hydrogens is 226 g/mol. The summed E-state index contributed by atoms with van der Waals surface area (Å²) in [4.78, 5) is 6.36. The zero-order valence-electron chi connectivity index (χ0n) is 10.6. The lowest BCUT2D eigenvalue weighted by molar-refractivity contribution is 0.414. The zero-order chi connectivity index (χ0) is 13.0. The summed E-state index contributed by atoms with van der Waals surface area (Å²) in [7, 11) is 3.67. The molecule has 2 aromatic rings. The number of nitrogens with two attached hydrogens (primary N) is 1. The lowest BCUT2D eigenvalue weighted by Gasteiger charge is -2.18. The number of nitrogens with zero attached hydrogens (tertiary/aromatic N) is 2. The molecule has 1 heterocycles. The van der Waals surface area contributed by atoms with Crippen LogP contribution in [0.15, 0.2) is 42.6 Å². The molecular formula is C14H17N3O. The molecule has 0 fully saturated rings. The van der Waals surface area contributed by atoms with Crippen LogP contribution in [0.5, 0.6) is 5.75 Å². The van der Waals surface area contributed by atoms with Gasteiger partial charge in [-0.05, 0) is 29.8 Å². The Hall–Kier alpha value is -2.23. The number of methoxy groups -OCH3 is 1. The van der Waals surface area contributed by atoms with Gasteiger partial charge in [0.25, 0.3) is 0 Å². The van der Waals surface area contributed by atoms with Gasteiger partial charge in [0.1, 0.15) is 11.6 Å². The quantitative estimate of drug-likeness (QED) is 0.895. The Bertz CT molecular complexity index is 493. The van der Waals surface area contributed by atoms with Crippen LogP contribution in [-0.2, 0) is 6.54 Å². The minimum atomic E-state index is 0.677. The predicted octanol–water partition coefficient (Wildman–Crippen LogP) is 2.31. The molecule has 1 aromatic heterocycles. The van der Waals surface area contributed by atoms with Gasteiger partial charge in [0.2, 0.25) is 0 Å². The molecule has 4 heteroatoms. The second-order valence-corrected chi connectivity index (χ2v) is 4.15. The van der Waals surface area contributed by atoms with Gasteiger partial charge >= 0.3 is 0 Å². The van der Waals surface area contributed by atoms with E-state index in [0.29, 0.717) is 5.69 Å². The standard InChI is InChI=1S/C14H17N3O/c1-17(14-8-5-12(15)9-16-14)10-11-3-6-13(18-2)7-4-11/h3-9H,10,15H2,1-2H3. The van der Waals surface area contributed by atoms with Gasteiger partial charge in [-0.15, -0.1) is 0 Å². The molecule has 1 aromatic carbocycles. The van der Waals surface area contributed by atoms with Crippen molar-refractivity contribution in [2.24, 2.45) is 0 Å². The highest BCUT2D eigenvalue weighted by Gasteiger charge is 2.03. The number of pyridine rings is 1. The predicted molar refractivity (Wildman–Crippen MR) is 73.8 cm³/mol. The van der Waals surface area contributed by atoms with E-state index in [1.54, 1.807) is 13.3 Å². The van der Waals surface area contributed by atoms with Crippen LogP contribution in [0, 0.1) is 0 Å². The van der Waals surface area contributed by atoms with Crippen molar-refractivity contribution in [3.63, 3.8) is 0 Å². The molecule has 94 valence electrons. The molecule has 0 radical (unpaired) electrons. The number of ether oxygens (including phenoxy) is 1. The van der Waals surface area contributed by atoms with Crippen molar-refractivity contribution in [2.45, 2.75) is 6.54 Å². The number of anilines is 2. The third-order valence-corrected chi connectivity index (χ3v) is 2.74. The fourth-order valence-electron chi connectivity index (χ4n) is 1.71. The smallest absolute Gasteiger partial charge is 0.128 e. The van der Waals surface area contributed by atoms with E-state index in [1.165, 1.54) is 5.56 Å². The van der Waals surface area contributed by atoms with E-state index in [2.05, 4.69) is 9.88 Å². The summed E-state index contributed by atoms with van der Waals surface area (Å²) in [5.41, 5.74) is 7.50. The van der Waals surface area contributed by atoms with E-state index in [4.69, 9.17) is 10.5 Å². The number of nitrogen functional groups attached to an aromatic ring is 1. The SMILES string of the molecule is COc1ccc(CN(C)c2ccc(N)cn2)cc1. The summed E-state index contributed by atoms with van der Waals surface area (Å²) in [5, 5.41) is 0. The summed E-state index contributed by atoms with van der Waals surface area (Å²) in [6, 6.07) is 11.8. The van der Waals surface area contributed by atoms with Gasteiger partial charge in [0.05, 0.1) is 19.0 Å². The summed E-state index contributed by atoms with van der Waals surface area (Å²) < 4.78 is 5.13. The van der Waals surface area contributed by atoms with E-state index >= 15 is 0 Å². The second kappa shape index (κ2) is 5.40. The topological polar surface area (TPSA) is 51.4 Å². The average Bonchev–Trinajstić information content (AvgIpc) is 2.40. The monoisotopic (exact) mass is 243 g/mol. The molecule has 2 N–H and O–H groups in total. The van der Waals surface area contributed by atoms with E-state index in [1.807, 2.05) is 43.4 Å². The molecule has 0 aliphatic heterocycles. The molecule has 0 aliphatic carbocycles. The molecule has 0 atom stereocenters. The Morgan fingerprint density at radius 2 is 1.89 bits per heavy atom. The van der Waals surface area contributed by atoms with Gasteiger partial charge in [-0.3, -0.25) is 0 Å². The van der Waals surface area contributed by atoms with Crippen molar-refractivity contribution in [1.29, 1.82) is 0 Å². The Balaban J connectivity index is 2.05. The summed E-state index contributed by atoms with van der Waals surface area (Å²) in [5.74, 6) is 1.77. The third kappa shape index (κ3) is 2.91. The van der Waals surface area contributed by atoms with E-state index in [9.17, 15) is 0 Å². The Morgan fingerprint density at radius 1 is 1.17 bits per heavy atom. The van der Waals surface area contributed by atoms with Crippen molar-refractivity contribution in [1.82, 2.24) is 4.98 Å². The highest BCUT2D eigenvalue weighted by atomic mass is 16.5. The molecule has 0 amide bonds. The van der Waals surface area contributed by atoms with E-state index < -0.39 is 0 Å². The van der Waals surface area contributed by atoms with Crippen LogP contribution < -0.4 is 15.4 Å². The van der Waals surface area contributed by atoms with Crippen molar-refractivity contribution >= 4 is 11.5 Å². The Morgan fingerprint density at radius 3 is 2.44 bits per heavy atom. The van der Waals surface area contributed by atoms with Gasteiger partial charge in [-0.1, -0.05) is 12.1 Å². The van der Waals surface area contributed by atoms with Gasteiger partial charge in [-0.2, -0.15) is 0 Å². The minimum absolute atomic E-state index is 0.677. The lowest BCUT2D eigenvalue weighted by Crippen LogP contribution is -2.17. The molecule has 0 saturated carbocycles. The van der Waals surface area contributed by atoms with E-state index in [0.717, 1.165) is 18.1 Å². The van der Waals surface area contributed by atoms with Gasteiger partial charge in [0, 0.05) is 13.6 Å². The Kier molecular flexibility index (Phi) is 3.67. The summed E-state index contributed by atoms with van der Waals surface area (Å²) >= 11 is 0. The molecule has 0 aliphatic rings. The van der Waals surface area contributed by atoms with Crippen LogP contribution in [0.2, 0.25) is 0 Å². The van der Waals surface area contributed by atoms with Gasteiger partial charge in [0.15, 0.2) is 0 Å². The van der Waals surface area contributed by atoms with Gasteiger partial charge in [-0.25, -0.2) is 4.98 Å². The minimum Gasteiger partial charge on any atom is -0.497 e. The maximum absolute atomic E-state index is 5.62. The maximum Gasteiger partial charge on any atom is 0.128 e. The van der Waals surface area contributed by atoms with Crippen molar-refractivity contribution in [3.05, 3.63) is 48.2 Å². The van der Waals surface area contributed by atoms with Crippen LogP contribution in [0.3, 0.4) is 0 Å². The van der Waals surface area contributed by atoms with E-state index in [-0.39, 0.29) is 0 Å². The molecule has 2 rings (SSSR count). The number of aromatic nitrogens is 1. The molecule has 0 bridgehead atoms. The molecule has 0 spiro atoms. The first kappa shape index (κ1) is 12.2. The summed E-state index contributed by atoms with van der Waals surface area (Å²) in [6.07, 6.45) is 1.67.